The summed E-state index contributed by atoms with van der Waals surface area (Å²) in [6.07, 6.45) is 37.7. The van der Waals surface area contributed by atoms with Crippen LogP contribution in [-0.4, -0.2) is 69.8 Å². The van der Waals surface area contributed by atoms with Crippen LogP contribution in [0.3, 0.4) is 0 Å². The average Bonchev–Trinajstić information content (AvgIpc) is 3.18. The van der Waals surface area contributed by atoms with Gasteiger partial charge in [-0.05, 0) is 104 Å². The smallest absolute Gasteiger partial charge is 0.306 e. The van der Waals surface area contributed by atoms with Crippen LogP contribution in [0.2, 0.25) is 0 Å². The monoisotopic (exact) mass is 780 g/mol. The van der Waals surface area contributed by atoms with Gasteiger partial charge in [0.2, 0.25) is 0 Å². The Bertz CT molecular complexity index is 765. The lowest BCUT2D eigenvalue weighted by molar-refractivity contribution is -0.150. The van der Waals surface area contributed by atoms with Gasteiger partial charge in [-0.25, -0.2) is 0 Å². The molecule has 55 heavy (non-hydrogen) atoms. The quantitative estimate of drug-likeness (QED) is 0.0363. The van der Waals surface area contributed by atoms with Crippen molar-refractivity contribution in [1.82, 2.24) is 15.5 Å². The molecule has 1 unspecified atom stereocenters. The first-order chi connectivity index (χ1) is 27.0. The van der Waals surface area contributed by atoms with Crippen molar-refractivity contribution in [3.05, 3.63) is 25.9 Å². The van der Waals surface area contributed by atoms with Crippen LogP contribution in [0, 0.1) is 0 Å². The molecular formula is C48H97N3O4. The Labute approximate surface area is 344 Å². The number of ether oxygens (including phenoxy) is 2. The van der Waals surface area contributed by atoms with Crippen LogP contribution in [0.1, 0.15) is 220 Å². The third-order valence-electron chi connectivity index (χ3n) is 9.97. The Morgan fingerprint density at radius 1 is 0.545 bits per heavy atom. The van der Waals surface area contributed by atoms with Gasteiger partial charge in [-0.15, -0.1) is 13.2 Å². The molecule has 0 spiro atoms. The molecule has 0 aromatic rings. The van der Waals surface area contributed by atoms with E-state index in [0.717, 1.165) is 77.5 Å². The second-order valence-electron chi connectivity index (χ2n) is 15.4. The number of nitrogens with one attached hydrogen (secondary N) is 2. The summed E-state index contributed by atoms with van der Waals surface area (Å²) in [5.74, 6) is 0.0117. The van der Waals surface area contributed by atoms with E-state index in [0.29, 0.717) is 19.4 Å². The van der Waals surface area contributed by atoms with Crippen molar-refractivity contribution < 1.29 is 19.1 Å². The van der Waals surface area contributed by atoms with Gasteiger partial charge in [-0.2, -0.15) is 0 Å². The SMILES string of the molecule is C=C.C=CNCCCN(CCCCCCCC(=O)OCCCCCCCCC)CCCCCCCC(=O)OC(CCCCCC)CCCCCCC.CNC. The van der Waals surface area contributed by atoms with Gasteiger partial charge in [-0.3, -0.25) is 9.59 Å². The third-order valence-corrected chi connectivity index (χ3v) is 9.97. The molecule has 0 aromatic carbocycles. The zero-order valence-corrected chi connectivity index (χ0v) is 37.8. The number of hydrogen-bond acceptors (Lipinski definition) is 7. The lowest BCUT2D eigenvalue weighted by Gasteiger charge is -2.22. The van der Waals surface area contributed by atoms with E-state index in [-0.39, 0.29) is 18.0 Å². The minimum atomic E-state index is -0.0134. The predicted octanol–water partition coefficient (Wildman–Crippen LogP) is 13.3. The summed E-state index contributed by atoms with van der Waals surface area (Å²) in [5.41, 5.74) is 0. The van der Waals surface area contributed by atoms with Gasteiger partial charge in [0.1, 0.15) is 6.10 Å². The van der Waals surface area contributed by atoms with Crippen molar-refractivity contribution in [3.8, 4) is 0 Å². The van der Waals surface area contributed by atoms with Gasteiger partial charge < -0.3 is 25.0 Å². The van der Waals surface area contributed by atoms with Crippen LogP contribution in [0.5, 0.6) is 0 Å². The number of rotatable bonds is 41. The molecule has 7 nitrogen and oxygen atoms in total. The van der Waals surface area contributed by atoms with E-state index in [4.69, 9.17) is 9.47 Å². The Kier molecular flexibility index (Phi) is 54.5. The molecule has 0 saturated carbocycles. The van der Waals surface area contributed by atoms with Gasteiger partial charge in [0.05, 0.1) is 6.61 Å². The number of esters is 2. The summed E-state index contributed by atoms with van der Waals surface area (Å²) in [6.45, 7) is 21.5. The highest BCUT2D eigenvalue weighted by Gasteiger charge is 2.14. The summed E-state index contributed by atoms with van der Waals surface area (Å²) in [6, 6.07) is 0. The van der Waals surface area contributed by atoms with Crippen LogP contribution in [-0.2, 0) is 19.1 Å². The molecule has 0 heterocycles. The number of carbonyl (C=O) groups is 2. The lowest BCUT2D eigenvalue weighted by atomic mass is 10.0. The van der Waals surface area contributed by atoms with Crippen molar-refractivity contribution in [2.24, 2.45) is 0 Å². The first-order valence-electron chi connectivity index (χ1n) is 23.5. The van der Waals surface area contributed by atoms with Gasteiger partial charge in [0.25, 0.3) is 0 Å². The molecule has 0 rings (SSSR count). The zero-order valence-electron chi connectivity index (χ0n) is 37.8. The highest BCUT2D eigenvalue weighted by Crippen LogP contribution is 2.18. The minimum Gasteiger partial charge on any atom is -0.466 e. The summed E-state index contributed by atoms with van der Waals surface area (Å²) in [7, 11) is 3.75. The maximum atomic E-state index is 12.6. The highest BCUT2D eigenvalue weighted by atomic mass is 16.5. The van der Waals surface area contributed by atoms with Crippen LogP contribution in [0.25, 0.3) is 0 Å². The fourth-order valence-corrected chi connectivity index (χ4v) is 6.71. The predicted molar refractivity (Wildman–Crippen MR) is 242 cm³/mol. The molecule has 1 atom stereocenters. The molecular weight excluding hydrogens is 683 g/mol. The van der Waals surface area contributed by atoms with Crippen molar-refractivity contribution >= 4 is 11.9 Å². The van der Waals surface area contributed by atoms with E-state index >= 15 is 0 Å². The van der Waals surface area contributed by atoms with Crippen LogP contribution >= 0.6 is 0 Å². The third kappa shape index (κ3) is 50.1. The van der Waals surface area contributed by atoms with Crippen molar-refractivity contribution in [2.45, 2.75) is 226 Å². The molecule has 7 heteroatoms. The first-order valence-corrected chi connectivity index (χ1v) is 23.5. The fourth-order valence-electron chi connectivity index (χ4n) is 6.71. The van der Waals surface area contributed by atoms with Crippen LogP contribution in [0.4, 0.5) is 0 Å². The first kappa shape index (κ1) is 57.5. The van der Waals surface area contributed by atoms with Gasteiger partial charge in [0.15, 0.2) is 0 Å². The Morgan fingerprint density at radius 2 is 0.927 bits per heavy atom. The normalized spacial score (nSPS) is 11.2. The molecule has 0 aromatic heterocycles. The van der Waals surface area contributed by atoms with E-state index in [1.165, 1.54) is 135 Å². The van der Waals surface area contributed by atoms with E-state index in [9.17, 15) is 9.59 Å². The molecule has 0 aliphatic rings. The fraction of sp³-hybridized carbons (Fsp3) is 0.875. The maximum absolute atomic E-state index is 12.6. The maximum Gasteiger partial charge on any atom is 0.306 e. The summed E-state index contributed by atoms with van der Waals surface area (Å²) in [4.78, 5) is 27.3. The summed E-state index contributed by atoms with van der Waals surface area (Å²) >= 11 is 0. The molecule has 0 aliphatic heterocycles. The average molecular weight is 780 g/mol. The molecule has 0 radical (unpaired) electrons. The topological polar surface area (TPSA) is 79.9 Å². The van der Waals surface area contributed by atoms with Crippen molar-refractivity contribution in [2.75, 3.05) is 46.9 Å². The standard InChI is InChI=1S/C44H86N2O4.C2H7N.C2H4/c1-5-9-12-15-16-24-31-41-49-43(47)35-27-20-17-22-29-38-46(40-32-37-45-8-4)39-30-23-18-21-28-36-44(48)50-42(33-25-14-11-7-3)34-26-19-13-10-6-2;1-3-2;1-2/h8,42,45H,4-7,9-41H2,1-3H3;3H,1-2H3;1-2H2. The van der Waals surface area contributed by atoms with Gasteiger partial charge in [-0.1, -0.05) is 149 Å². The zero-order chi connectivity index (χ0) is 41.3. The molecule has 0 aliphatic carbocycles. The summed E-state index contributed by atoms with van der Waals surface area (Å²) in [5, 5.41) is 5.99. The largest absolute Gasteiger partial charge is 0.466 e. The van der Waals surface area contributed by atoms with Gasteiger partial charge >= 0.3 is 11.9 Å². The second-order valence-corrected chi connectivity index (χ2v) is 15.4. The molecule has 2 N–H and O–H groups in total. The Morgan fingerprint density at radius 3 is 1.42 bits per heavy atom. The molecule has 0 bridgehead atoms. The van der Waals surface area contributed by atoms with E-state index in [2.05, 4.69) is 56.0 Å². The Balaban J connectivity index is -0.00000513. The number of unbranched alkanes of at least 4 members (excludes halogenated alkanes) is 21. The van der Waals surface area contributed by atoms with E-state index in [1.807, 2.05) is 14.1 Å². The van der Waals surface area contributed by atoms with Crippen molar-refractivity contribution in [1.29, 1.82) is 0 Å². The van der Waals surface area contributed by atoms with E-state index in [1.54, 1.807) is 6.20 Å². The number of carbonyl (C=O) groups excluding carboxylic acids is 2. The molecule has 0 fully saturated rings. The van der Waals surface area contributed by atoms with Gasteiger partial charge in [0, 0.05) is 19.4 Å². The lowest BCUT2D eigenvalue weighted by Crippen LogP contribution is -2.29. The molecule has 0 saturated heterocycles. The number of nitrogens with zero attached hydrogens (tertiary/aromatic N) is 1. The molecule has 328 valence electrons. The minimum absolute atomic E-state index is 0.0134. The number of hydrogen-bond donors (Lipinski definition) is 2. The summed E-state index contributed by atoms with van der Waals surface area (Å²) < 4.78 is 11.4. The highest BCUT2D eigenvalue weighted by molar-refractivity contribution is 5.69. The van der Waals surface area contributed by atoms with Crippen LogP contribution in [0.15, 0.2) is 25.9 Å². The van der Waals surface area contributed by atoms with Crippen LogP contribution < -0.4 is 10.6 Å². The molecule has 0 amide bonds. The van der Waals surface area contributed by atoms with Crippen molar-refractivity contribution in [3.63, 3.8) is 0 Å². The Hall–Kier alpha value is -1.86. The van der Waals surface area contributed by atoms with E-state index < -0.39 is 0 Å². The second kappa shape index (κ2) is 52.1.